The monoisotopic (exact) mass is 579 g/mol. The van der Waals surface area contributed by atoms with Gasteiger partial charge in [0.25, 0.3) is 0 Å². The SMILES string of the molecule is BC(Nc1cc(Cl)c2ncc(C#N)c(N[C@H](CC)c3ccccc3)c2c1)(c1ccc(F)cc1)c1cn(C(C)(C)C)nn1. The van der Waals surface area contributed by atoms with Crippen LogP contribution in [-0.4, -0.2) is 27.8 Å². The smallest absolute Gasteiger partial charge is 0.148 e. The molecular formula is C32H32BClFN7. The molecule has 10 heteroatoms. The summed E-state index contributed by atoms with van der Waals surface area (Å²) in [5.74, 6) is -0.331. The fourth-order valence-corrected chi connectivity index (χ4v) is 5.30. The number of hydrogen-bond acceptors (Lipinski definition) is 6. The molecule has 42 heavy (non-hydrogen) atoms. The first kappa shape index (κ1) is 29.1. The second-order valence-corrected chi connectivity index (χ2v) is 11.9. The van der Waals surface area contributed by atoms with Crippen LogP contribution in [0.3, 0.4) is 0 Å². The maximum atomic E-state index is 14.0. The highest BCUT2D eigenvalue weighted by molar-refractivity contribution is 6.36. The third-order valence-electron chi connectivity index (χ3n) is 7.48. The number of benzene rings is 3. The molecule has 0 saturated carbocycles. The molecule has 2 heterocycles. The highest BCUT2D eigenvalue weighted by Gasteiger charge is 2.33. The summed E-state index contributed by atoms with van der Waals surface area (Å²) in [6.07, 6.45) is 4.25. The van der Waals surface area contributed by atoms with Crippen LogP contribution in [0.2, 0.25) is 5.02 Å². The first-order valence-corrected chi connectivity index (χ1v) is 14.2. The number of aromatic nitrogens is 4. The highest BCUT2D eigenvalue weighted by atomic mass is 35.5. The molecule has 2 N–H and O–H groups in total. The fourth-order valence-electron chi connectivity index (χ4n) is 5.03. The zero-order valence-corrected chi connectivity index (χ0v) is 25.0. The second kappa shape index (κ2) is 11.5. The van der Waals surface area contributed by atoms with Gasteiger partial charge in [-0.05, 0) is 62.6 Å². The molecule has 2 atom stereocenters. The summed E-state index contributed by atoms with van der Waals surface area (Å²) >= 11 is 6.83. The van der Waals surface area contributed by atoms with Crippen LogP contribution in [0, 0.1) is 17.1 Å². The number of hydrogen-bond donors (Lipinski definition) is 2. The van der Waals surface area contributed by atoms with Gasteiger partial charge in [-0.15, -0.1) is 5.10 Å². The molecule has 0 aliphatic rings. The van der Waals surface area contributed by atoms with Gasteiger partial charge < -0.3 is 10.6 Å². The van der Waals surface area contributed by atoms with E-state index in [1.807, 2.05) is 59.1 Å². The van der Waals surface area contributed by atoms with E-state index in [0.717, 1.165) is 17.5 Å². The van der Waals surface area contributed by atoms with Crippen LogP contribution in [0.5, 0.6) is 0 Å². The van der Waals surface area contributed by atoms with E-state index in [1.165, 1.54) is 12.1 Å². The summed E-state index contributed by atoms with van der Waals surface area (Å²) in [5, 5.41) is 27.3. The highest BCUT2D eigenvalue weighted by Crippen LogP contribution is 2.38. The Labute approximate surface area is 251 Å². The number of nitriles is 1. The van der Waals surface area contributed by atoms with E-state index in [4.69, 9.17) is 11.6 Å². The van der Waals surface area contributed by atoms with Crippen molar-refractivity contribution in [3.63, 3.8) is 0 Å². The van der Waals surface area contributed by atoms with Crippen LogP contribution < -0.4 is 10.6 Å². The number of pyridine rings is 1. The van der Waals surface area contributed by atoms with E-state index < -0.39 is 5.44 Å². The minimum Gasteiger partial charge on any atom is -0.378 e. The van der Waals surface area contributed by atoms with E-state index in [0.29, 0.717) is 38.6 Å². The van der Waals surface area contributed by atoms with Crippen molar-refractivity contribution < 1.29 is 4.39 Å². The van der Waals surface area contributed by atoms with Crippen molar-refractivity contribution in [2.45, 2.75) is 51.1 Å². The molecule has 212 valence electrons. The first-order valence-electron chi connectivity index (χ1n) is 13.8. The Kier molecular flexibility index (Phi) is 7.94. The summed E-state index contributed by atoms with van der Waals surface area (Å²) in [4.78, 5) is 4.52. The van der Waals surface area contributed by atoms with E-state index in [1.54, 1.807) is 29.1 Å². The summed E-state index contributed by atoms with van der Waals surface area (Å²) in [5.41, 5.74) is 3.70. The Hall–Kier alpha value is -4.42. The van der Waals surface area contributed by atoms with E-state index in [-0.39, 0.29) is 17.4 Å². The predicted molar refractivity (Wildman–Crippen MR) is 169 cm³/mol. The van der Waals surface area contributed by atoms with Crippen molar-refractivity contribution in [1.29, 1.82) is 5.26 Å². The van der Waals surface area contributed by atoms with Crippen LogP contribution in [0.1, 0.15) is 62.5 Å². The maximum absolute atomic E-state index is 14.0. The zero-order chi connectivity index (χ0) is 30.1. The molecule has 0 bridgehead atoms. The maximum Gasteiger partial charge on any atom is 0.148 e. The molecule has 0 aliphatic carbocycles. The summed E-state index contributed by atoms with van der Waals surface area (Å²) in [7, 11) is 1.97. The number of nitrogens with one attached hydrogen (secondary N) is 2. The topological polar surface area (TPSA) is 91.5 Å². The summed E-state index contributed by atoms with van der Waals surface area (Å²) < 4.78 is 15.8. The van der Waals surface area contributed by atoms with Crippen LogP contribution in [-0.2, 0) is 11.0 Å². The summed E-state index contributed by atoms with van der Waals surface area (Å²) in [6, 6.07) is 22.4. The zero-order valence-electron chi connectivity index (χ0n) is 24.3. The third-order valence-corrected chi connectivity index (χ3v) is 7.77. The lowest BCUT2D eigenvalue weighted by atomic mass is 9.69. The minimum absolute atomic E-state index is 0.0313. The van der Waals surface area contributed by atoms with Gasteiger partial charge >= 0.3 is 0 Å². The molecule has 1 unspecified atom stereocenters. The Bertz CT molecular complexity index is 1760. The van der Waals surface area contributed by atoms with E-state index in [9.17, 15) is 9.65 Å². The van der Waals surface area contributed by atoms with Crippen LogP contribution in [0.15, 0.2) is 79.1 Å². The summed E-state index contributed by atoms with van der Waals surface area (Å²) in [6.45, 7) is 8.23. The Morgan fingerprint density at radius 2 is 1.81 bits per heavy atom. The average molecular weight is 580 g/mol. The minimum atomic E-state index is -0.905. The fraction of sp³-hybridized carbons (Fsp3) is 0.250. The molecule has 0 spiro atoms. The molecule has 5 aromatic rings. The molecule has 0 amide bonds. The standard InChI is InChI=1S/C32H32BClFN7/c1-5-27(20-9-7-6-8-10-20)38-29-21(17-36)18-37-30-25(29)15-24(16-26(30)34)39-32(33,22-11-13-23(35)14-12-22)28-19-42(41-40-28)31(2,3)4/h6-16,18-19,27,39H,5,33H2,1-4H3,(H,37,38)/t27-,32?/m1/s1. The van der Waals surface area contributed by atoms with Crippen LogP contribution in [0.25, 0.3) is 10.9 Å². The number of halogens is 2. The van der Waals surface area contributed by atoms with Gasteiger partial charge in [0.1, 0.15) is 25.4 Å². The van der Waals surface area contributed by atoms with Crippen molar-refractivity contribution in [3.8, 4) is 6.07 Å². The molecule has 3 aromatic carbocycles. The molecule has 0 fully saturated rings. The molecule has 7 nitrogen and oxygen atoms in total. The Morgan fingerprint density at radius 3 is 2.43 bits per heavy atom. The largest absolute Gasteiger partial charge is 0.378 e. The molecule has 0 radical (unpaired) electrons. The van der Waals surface area contributed by atoms with Gasteiger partial charge in [-0.2, -0.15) is 5.26 Å². The number of fused-ring (bicyclic) bond motifs is 1. The van der Waals surface area contributed by atoms with Gasteiger partial charge in [0.2, 0.25) is 0 Å². The molecule has 0 saturated heterocycles. The third kappa shape index (κ3) is 5.68. The Morgan fingerprint density at radius 1 is 1.10 bits per heavy atom. The van der Waals surface area contributed by atoms with Crippen molar-refractivity contribution in [3.05, 3.63) is 112 Å². The predicted octanol–water partition coefficient (Wildman–Crippen LogP) is 6.75. The van der Waals surface area contributed by atoms with Crippen LogP contribution in [0.4, 0.5) is 15.8 Å². The van der Waals surface area contributed by atoms with Crippen molar-refractivity contribution in [2.24, 2.45) is 0 Å². The van der Waals surface area contributed by atoms with Gasteiger partial charge in [0.15, 0.2) is 0 Å². The number of nitrogens with zero attached hydrogens (tertiary/aromatic N) is 5. The molecule has 0 aliphatic heterocycles. The van der Waals surface area contributed by atoms with Crippen LogP contribution >= 0.6 is 11.6 Å². The van der Waals surface area contributed by atoms with Crippen molar-refractivity contribution in [2.75, 3.05) is 10.6 Å². The van der Waals surface area contributed by atoms with Gasteiger partial charge in [-0.25, -0.2) is 9.07 Å². The lowest BCUT2D eigenvalue weighted by Gasteiger charge is -2.31. The van der Waals surface area contributed by atoms with E-state index in [2.05, 4.69) is 51.1 Å². The van der Waals surface area contributed by atoms with E-state index >= 15 is 0 Å². The van der Waals surface area contributed by atoms with Gasteiger partial charge in [0, 0.05) is 17.3 Å². The van der Waals surface area contributed by atoms with Gasteiger partial charge in [-0.1, -0.05) is 66.2 Å². The molecule has 2 aromatic heterocycles. The molecular weight excluding hydrogens is 548 g/mol. The molecule has 5 rings (SSSR count). The van der Waals surface area contributed by atoms with Gasteiger partial charge in [-0.3, -0.25) is 4.98 Å². The average Bonchev–Trinajstić information content (AvgIpc) is 3.49. The number of anilines is 2. The quantitative estimate of drug-likeness (QED) is 0.198. The normalized spacial score (nSPS) is 13.7. The lowest BCUT2D eigenvalue weighted by molar-refractivity contribution is 0.347. The second-order valence-electron chi connectivity index (χ2n) is 11.5. The van der Waals surface area contributed by atoms with Crippen molar-refractivity contribution in [1.82, 2.24) is 20.0 Å². The number of rotatable bonds is 8. The Balaban J connectivity index is 1.64. The first-order chi connectivity index (χ1) is 20.0. The van der Waals surface area contributed by atoms with Gasteiger partial charge in [0.05, 0.1) is 45.0 Å². The lowest BCUT2D eigenvalue weighted by Crippen LogP contribution is -2.38. The van der Waals surface area contributed by atoms with Crippen molar-refractivity contribution >= 4 is 41.7 Å².